The van der Waals surface area contributed by atoms with Crippen LogP contribution in [-0.2, 0) is 12.8 Å². The Kier molecular flexibility index (Phi) is 11.4. The Bertz CT molecular complexity index is 1790. The van der Waals surface area contributed by atoms with Crippen LogP contribution in [-0.4, -0.2) is 8.75 Å². The largest absolute Gasteiger partial charge is 0.172 e. The lowest BCUT2D eigenvalue weighted by molar-refractivity contribution is 0.422. The number of benzene rings is 3. The fourth-order valence-corrected chi connectivity index (χ4v) is 9.76. The summed E-state index contributed by atoms with van der Waals surface area (Å²) in [6, 6.07) is 27.8. The summed E-state index contributed by atoms with van der Waals surface area (Å²) < 4.78 is 12.3. The third kappa shape index (κ3) is 7.64. The van der Waals surface area contributed by atoms with Crippen LogP contribution in [0, 0.1) is 11.8 Å². The number of hydrogen-bond donors (Lipinski definition) is 0. The first-order chi connectivity index (χ1) is 22.6. The highest BCUT2D eigenvalue weighted by atomic mass is 32.1. The van der Waals surface area contributed by atoms with Crippen molar-refractivity contribution in [3.8, 4) is 32.0 Å². The van der Waals surface area contributed by atoms with E-state index in [1.807, 2.05) is 22.7 Å². The van der Waals surface area contributed by atoms with Gasteiger partial charge < -0.3 is 0 Å². The van der Waals surface area contributed by atoms with Gasteiger partial charge >= 0.3 is 0 Å². The zero-order valence-corrected chi connectivity index (χ0v) is 30.4. The quantitative estimate of drug-likeness (QED) is 0.103. The Hall–Kier alpha value is -2.86. The van der Waals surface area contributed by atoms with Crippen LogP contribution in [0.5, 0.6) is 0 Å². The summed E-state index contributed by atoms with van der Waals surface area (Å²) in [6.07, 6.45) is 14.2. The first-order valence-corrected chi connectivity index (χ1v) is 19.9. The molecule has 3 aromatic heterocycles. The molecule has 0 saturated heterocycles. The second-order valence-electron chi connectivity index (χ2n) is 13.0. The van der Waals surface area contributed by atoms with Crippen LogP contribution in [0.4, 0.5) is 0 Å². The monoisotopic (exact) mass is 664 g/mol. The van der Waals surface area contributed by atoms with Crippen LogP contribution in [0.25, 0.3) is 52.4 Å². The van der Waals surface area contributed by atoms with E-state index in [9.17, 15) is 0 Å². The van der Waals surface area contributed by atoms with E-state index < -0.39 is 0 Å². The number of thiophene rings is 2. The molecule has 46 heavy (non-hydrogen) atoms. The van der Waals surface area contributed by atoms with E-state index >= 15 is 0 Å². The Labute approximate surface area is 288 Å². The predicted molar refractivity (Wildman–Crippen MR) is 206 cm³/mol. The zero-order chi connectivity index (χ0) is 31.9. The minimum Gasteiger partial charge on any atom is -0.172 e. The number of rotatable bonds is 16. The van der Waals surface area contributed by atoms with Crippen molar-refractivity contribution in [2.45, 2.75) is 98.3 Å². The van der Waals surface area contributed by atoms with Gasteiger partial charge in [0.2, 0.25) is 0 Å². The third-order valence-corrected chi connectivity index (χ3v) is 12.7. The molecule has 0 spiro atoms. The molecule has 5 heteroatoms. The first kappa shape index (κ1) is 33.1. The van der Waals surface area contributed by atoms with E-state index in [4.69, 9.17) is 8.75 Å². The molecule has 0 aliphatic rings. The van der Waals surface area contributed by atoms with Crippen molar-refractivity contribution in [3.05, 3.63) is 83.9 Å². The van der Waals surface area contributed by atoms with Gasteiger partial charge in [0.15, 0.2) is 0 Å². The molecule has 0 N–H and O–H groups in total. The Morgan fingerprint density at radius 2 is 1.13 bits per heavy atom. The molecule has 0 fully saturated rings. The summed E-state index contributed by atoms with van der Waals surface area (Å²) in [4.78, 5) is 2.62. The van der Waals surface area contributed by atoms with Gasteiger partial charge in [0, 0.05) is 30.3 Å². The predicted octanol–water partition coefficient (Wildman–Crippen LogP) is 13.9. The highest BCUT2D eigenvalue weighted by molar-refractivity contribution is 7.31. The van der Waals surface area contributed by atoms with Gasteiger partial charge in [0.05, 0.1) is 11.7 Å². The summed E-state index contributed by atoms with van der Waals surface area (Å²) in [7, 11) is 0. The maximum absolute atomic E-state index is 4.79. The van der Waals surface area contributed by atoms with Crippen molar-refractivity contribution < 1.29 is 0 Å². The maximum Gasteiger partial charge on any atom is 0.114 e. The van der Waals surface area contributed by atoms with E-state index in [0.717, 1.165) is 29.3 Å². The van der Waals surface area contributed by atoms with Crippen LogP contribution < -0.4 is 0 Å². The molecule has 240 valence electrons. The lowest BCUT2D eigenvalue weighted by Gasteiger charge is -2.14. The molecule has 2 nitrogen and oxygen atoms in total. The van der Waals surface area contributed by atoms with Gasteiger partial charge in [-0.3, -0.25) is 0 Å². The topological polar surface area (TPSA) is 25.8 Å². The molecule has 6 aromatic rings. The van der Waals surface area contributed by atoms with E-state index in [0.29, 0.717) is 0 Å². The standard InChI is InChI=1S/C41H48N2S3/c1-5-9-11-28(7-3)13-14-30-15-19-32(20-16-30)34-23-24-35(41-40(34)42-46-43-41)37-27-39-38(45-37)26-36(44-39)33-21-17-31(18-22-33)25-29(8-4)12-10-6-2/h15-24,26-29H,5-14,25H2,1-4H3. The van der Waals surface area contributed by atoms with Gasteiger partial charge in [-0.05, 0) is 65.5 Å². The second kappa shape index (κ2) is 15.8. The number of nitrogens with zero attached hydrogens (tertiary/aromatic N) is 2. The highest BCUT2D eigenvalue weighted by Gasteiger charge is 2.17. The van der Waals surface area contributed by atoms with Gasteiger partial charge in [-0.25, -0.2) is 0 Å². The maximum atomic E-state index is 4.79. The van der Waals surface area contributed by atoms with E-state index in [2.05, 4.69) is 100 Å². The summed E-state index contributed by atoms with van der Waals surface area (Å²) in [5, 5.41) is 0. The average Bonchev–Trinajstić information content (AvgIpc) is 3.83. The number of aromatic nitrogens is 2. The van der Waals surface area contributed by atoms with Gasteiger partial charge in [-0.1, -0.05) is 140 Å². The Balaban J connectivity index is 1.16. The van der Waals surface area contributed by atoms with Crippen molar-refractivity contribution in [2.75, 3.05) is 0 Å². The third-order valence-electron chi connectivity index (χ3n) is 9.84. The minimum absolute atomic E-state index is 0.800. The van der Waals surface area contributed by atoms with Gasteiger partial charge in [-0.2, -0.15) is 8.75 Å². The lowest BCUT2D eigenvalue weighted by Crippen LogP contribution is -2.03. The number of fused-ring (bicyclic) bond motifs is 2. The van der Waals surface area contributed by atoms with Crippen LogP contribution in [0.3, 0.4) is 0 Å². The molecule has 3 aromatic carbocycles. The van der Waals surface area contributed by atoms with Crippen LogP contribution in [0.2, 0.25) is 0 Å². The van der Waals surface area contributed by atoms with Crippen molar-refractivity contribution >= 4 is 54.8 Å². The molecule has 0 aliphatic heterocycles. The molecule has 0 saturated carbocycles. The summed E-state index contributed by atoms with van der Waals surface area (Å²) in [5.41, 5.74) is 9.84. The molecule has 0 aliphatic carbocycles. The van der Waals surface area contributed by atoms with E-state index in [-0.39, 0.29) is 0 Å². The van der Waals surface area contributed by atoms with Crippen molar-refractivity contribution in [1.29, 1.82) is 0 Å². The SMILES string of the molecule is CCCCC(CC)CCc1ccc(-c2ccc(-c3cc4sc(-c5ccc(CC(CC)CCCC)cc5)cc4s3)c3nsnc23)cc1. The number of hydrogen-bond acceptors (Lipinski definition) is 5. The summed E-state index contributed by atoms with van der Waals surface area (Å²) in [6.45, 7) is 9.26. The fraction of sp³-hybridized carbons (Fsp3) is 0.415. The van der Waals surface area contributed by atoms with Crippen molar-refractivity contribution in [1.82, 2.24) is 8.75 Å². The van der Waals surface area contributed by atoms with E-state index in [1.54, 1.807) is 0 Å². The molecule has 3 heterocycles. The molecule has 6 rings (SSSR count). The average molecular weight is 665 g/mol. The molecule has 0 amide bonds. The normalized spacial score (nSPS) is 13.1. The van der Waals surface area contributed by atoms with Crippen LogP contribution in [0.15, 0.2) is 72.8 Å². The smallest absolute Gasteiger partial charge is 0.114 e. The summed E-state index contributed by atoms with van der Waals surface area (Å²) in [5.74, 6) is 1.64. The Morgan fingerprint density at radius 1 is 0.565 bits per heavy atom. The molecular weight excluding hydrogens is 617 g/mol. The van der Waals surface area contributed by atoms with Crippen molar-refractivity contribution in [2.24, 2.45) is 11.8 Å². The van der Waals surface area contributed by atoms with Crippen molar-refractivity contribution in [3.63, 3.8) is 0 Å². The second-order valence-corrected chi connectivity index (χ2v) is 15.7. The van der Waals surface area contributed by atoms with Gasteiger partial charge in [-0.15, -0.1) is 22.7 Å². The van der Waals surface area contributed by atoms with Gasteiger partial charge in [0.25, 0.3) is 0 Å². The molecule has 2 atom stereocenters. The van der Waals surface area contributed by atoms with Crippen LogP contribution >= 0.6 is 34.4 Å². The zero-order valence-electron chi connectivity index (χ0n) is 28.0. The molecule has 2 unspecified atom stereocenters. The fourth-order valence-electron chi connectivity index (χ4n) is 6.76. The van der Waals surface area contributed by atoms with E-state index in [1.165, 1.54) is 128 Å². The lowest BCUT2D eigenvalue weighted by atomic mass is 9.91. The highest BCUT2D eigenvalue weighted by Crippen LogP contribution is 2.44. The van der Waals surface area contributed by atoms with Crippen LogP contribution in [0.1, 0.15) is 96.6 Å². The summed E-state index contributed by atoms with van der Waals surface area (Å²) >= 11 is 5.09. The minimum atomic E-state index is 0.800. The van der Waals surface area contributed by atoms with Gasteiger partial charge in [0.1, 0.15) is 11.0 Å². The number of aryl methyl sites for hydroxylation is 1. The first-order valence-electron chi connectivity index (χ1n) is 17.6. The molecule has 0 bridgehead atoms. The Morgan fingerprint density at radius 3 is 1.80 bits per heavy atom. The molecular formula is C41H48N2S3. The molecule has 0 radical (unpaired) electrons. The number of unbranched alkanes of at least 4 members (excludes halogenated alkanes) is 2.